The van der Waals surface area contributed by atoms with Gasteiger partial charge in [0, 0.05) is 23.4 Å². The minimum Gasteiger partial charge on any atom is -0.376 e. The maximum atomic E-state index is 11.8. The van der Waals surface area contributed by atoms with E-state index in [1.54, 1.807) is 24.3 Å². The van der Waals surface area contributed by atoms with Crippen molar-refractivity contribution in [3.63, 3.8) is 0 Å². The van der Waals surface area contributed by atoms with Crippen LogP contribution in [0.1, 0.15) is 15.9 Å². The molecule has 126 valence electrons. The van der Waals surface area contributed by atoms with Crippen LogP contribution in [0.5, 0.6) is 0 Å². The first kappa shape index (κ1) is 17.4. The van der Waals surface area contributed by atoms with Crippen LogP contribution < -0.4 is 16.2 Å². The Morgan fingerprint density at radius 1 is 1.04 bits per heavy atom. The summed E-state index contributed by atoms with van der Waals surface area (Å²) < 4.78 is 0. The number of carbonyl (C=O) groups is 2. The molecule has 3 N–H and O–H groups in total. The lowest BCUT2D eigenvalue weighted by Gasteiger charge is -2.09. The van der Waals surface area contributed by atoms with Gasteiger partial charge in [0.15, 0.2) is 0 Å². The van der Waals surface area contributed by atoms with E-state index >= 15 is 0 Å². The standard InChI is InChI=1S/C16H13N5O4/c17-9-11-1-5-13(6-2-11)18-10-15(22)19-20-16(23)12-3-7-14(8-4-12)21(24)25/h1-8,18H,10H2,(H,19,22)(H,20,23). The summed E-state index contributed by atoms with van der Waals surface area (Å²) in [6, 6.07) is 13.5. The molecule has 0 saturated heterocycles. The minimum atomic E-state index is -0.596. The average Bonchev–Trinajstić information content (AvgIpc) is 2.64. The molecule has 0 atom stereocenters. The number of carbonyl (C=O) groups excluding carboxylic acids is 2. The van der Waals surface area contributed by atoms with E-state index in [1.165, 1.54) is 24.3 Å². The molecule has 0 aromatic heterocycles. The largest absolute Gasteiger partial charge is 0.376 e. The van der Waals surface area contributed by atoms with Gasteiger partial charge in [-0.05, 0) is 36.4 Å². The zero-order chi connectivity index (χ0) is 18.2. The van der Waals surface area contributed by atoms with Crippen molar-refractivity contribution in [2.45, 2.75) is 0 Å². The van der Waals surface area contributed by atoms with Crippen LogP contribution in [-0.2, 0) is 4.79 Å². The number of non-ortho nitro benzene ring substituents is 1. The Bertz CT molecular complexity index is 825. The van der Waals surface area contributed by atoms with Crippen molar-refractivity contribution < 1.29 is 14.5 Å². The van der Waals surface area contributed by atoms with E-state index in [4.69, 9.17) is 5.26 Å². The van der Waals surface area contributed by atoms with E-state index in [2.05, 4.69) is 16.2 Å². The SMILES string of the molecule is N#Cc1ccc(NCC(=O)NNC(=O)c2ccc([N+](=O)[O-])cc2)cc1. The van der Waals surface area contributed by atoms with Gasteiger partial charge in [-0.15, -0.1) is 0 Å². The van der Waals surface area contributed by atoms with Crippen LogP contribution in [0.4, 0.5) is 11.4 Å². The van der Waals surface area contributed by atoms with Crippen molar-refractivity contribution in [2.24, 2.45) is 0 Å². The Balaban J connectivity index is 1.79. The van der Waals surface area contributed by atoms with Crippen molar-refractivity contribution in [2.75, 3.05) is 11.9 Å². The summed E-state index contributed by atoms with van der Waals surface area (Å²) in [5, 5.41) is 22.1. The van der Waals surface area contributed by atoms with Gasteiger partial charge >= 0.3 is 0 Å². The molecule has 0 radical (unpaired) electrons. The molecule has 25 heavy (non-hydrogen) atoms. The number of nitriles is 1. The summed E-state index contributed by atoms with van der Waals surface area (Å²) in [7, 11) is 0. The summed E-state index contributed by atoms with van der Waals surface area (Å²) in [4.78, 5) is 33.5. The van der Waals surface area contributed by atoms with Crippen molar-refractivity contribution >= 4 is 23.2 Å². The number of rotatable bonds is 5. The molecule has 0 aliphatic rings. The fraction of sp³-hybridized carbons (Fsp3) is 0.0625. The van der Waals surface area contributed by atoms with Crippen molar-refractivity contribution in [1.82, 2.24) is 10.9 Å². The molecule has 2 amide bonds. The van der Waals surface area contributed by atoms with Crippen LogP contribution in [0.3, 0.4) is 0 Å². The third kappa shape index (κ3) is 5.04. The Kier molecular flexibility index (Phi) is 5.63. The average molecular weight is 339 g/mol. The van der Waals surface area contributed by atoms with Crippen LogP contribution in [0.15, 0.2) is 48.5 Å². The molecule has 0 spiro atoms. The van der Waals surface area contributed by atoms with Gasteiger partial charge in [-0.1, -0.05) is 0 Å². The molecule has 2 rings (SSSR count). The molecule has 9 nitrogen and oxygen atoms in total. The summed E-state index contributed by atoms with van der Waals surface area (Å²) in [5.74, 6) is -1.08. The number of anilines is 1. The van der Waals surface area contributed by atoms with Gasteiger partial charge in [0.2, 0.25) is 0 Å². The second-order valence-corrected chi connectivity index (χ2v) is 4.85. The van der Waals surface area contributed by atoms with Crippen molar-refractivity contribution in [3.05, 3.63) is 69.8 Å². The topological polar surface area (TPSA) is 137 Å². The highest BCUT2D eigenvalue weighted by Crippen LogP contribution is 2.11. The van der Waals surface area contributed by atoms with Gasteiger partial charge in [0.05, 0.1) is 23.1 Å². The number of hydrogen-bond donors (Lipinski definition) is 3. The Morgan fingerprint density at radius 2 is 1.68 bits per heavy atom. The second-order valence-electron chi connectivity index (χ2n) is 4.85. The van der Waals surface area contributed by atoms with Crippen molar-refractivity contribution in [1.29, 1.82) is 5.26 Å². The number of nitrogens with zero attached hydrogens (tertiary/aromatic N) is 2. The first-order valence-corrected chi connectivity index (χ1v) is 7.07. The normalized spacial score (nSPS) is 9.56. The zero-order valence-corrected chi connectivity index (χ0v) is 12.9. The number of benzene rings is 2. The quantitative estimate of drug-likeness (QED) is 0.555. The summed E-state index contributed by atoms with van der Waals surface area (Å²) >= 11 is 0. The molecule has 0 fully saturated rings. The minimum absolute atomic E-state index is 0.0908. The Labute approximate surface area is 142 Å². The van der Waals surface area contributed by atoms with E-state index in [9.17, 15) is 19.7 Å². The van der Waals surface area contributed by atoms with Gasteiger partial charge in [-0.3, -0.25) is 30.6 Å². The maximum absolute atomic E-state index is 11.8. The third-order valence-corrected chi connectivity index (χ3v) is 3.12. The van der Waals surface area contributed by atoms with Crippen LogP contribution in [-0.4, -0.2) is 23.3 Å². The van der Waals surface area contributed by atoms with Gasteiger partial charge in [-0.2, -0.15) is 5.26 Å². The smallest absolute Gasteiger partial charge is 0.269 e. The first-order valence-electron chi connectivity index (χ1n) is 7.07. The number of nitro benzene ring substituents is 1. The molecule has 0 aliphatic heterocycles. The van der Waals surface area contributed by atoms with E-state index in [0.717, 1.165) is 0 Å². The third-order valence-electron chi connectivity index (χ3n) is 3.12. The first-order chi connectivity index (χ1) is 12.0. The second kappa shape index (κ2) is 8.07. The van der Waals surface area contributed by atoms with E-state index in [-0.39, 0.29) is 17.8 Å². The fourth-order valence-electron chi connectivity index (χ4n) is 1.82. The highest BCUT2D eigenvalue weighted by molar-refractivity contribution is 5.95. The lowest BCUT2D eigenvalue weighted by molar-refractivity contribution is -0.384. The lowest BCUT2D eigenvalue weighted by atomic mass is 10.2. The Hall–Kier alpha value is -3.93. The van der Waals surface area contributed by atoms with Crippen LogP contribution >= 0.6 is 0 Å². The monoisotopic (exact) mass is 339 g/mol. The predicted molar refractivity (Wildman–Crippen MR) is 88.4 cm³/mol. The number of nitro groups is 1. The number of nitrogens with one attached hydrogen (secondary N) is 3. The predicted octanol–water partition coefficient (Wildman–Crippen LogP) is 1.34. The maximum Gasteiger partial charge on any atom is 0.269 e. The molecule has 0 unspecified atom stereocenters. The Morgan fingerprint density at radius 3 is 2.24 bits per heavy atom. The number of hydrogen-bond acceptors (Lipinski definition) is 6. The lowest BCUT2D eigenvalue weighted by Crippen LogP contribution is -2.44. The molecule has 0 heterocycles. The molecule has 0 bridgehead atoms. The number of amides is 2. The highest BCUT2D eigenvalue weighted by atomic mass is 16.6. The molecule has 0 saturated carbocycles. The van der Waals surface area contributed by atoms with E-state index < -0.39 is 16.7 Å². The van der Waals surface area contributed by atoms with Gasteiger partial charge in [0.25, 0.3) is 17.5 Å². The highest BCUT2D eigenvalue weighted by Gasteiger charge is 2.10. The van der Waals surface area contributed by atoms with Crippen LogP contribution in [0, 0.1) is 21.4 Å². The molecule has 0 aliphatic carbocycles. The molecular formula is C16H13N5O4. The van der Waals surface area contributed by atoms with Crippen molar-refractivity contribution in [3.8, 4) is 6.07 Å². The van der Waals surface area contributed by atoms with Gasteiger partial charge in [-0.25, -0.2) is 0 Å². The van der Waals surface area contributed by atoms with Crippen LogP contribution in [0.2, 0.25) is 0 Å². The fourth-order valence-corrected chi connectivity index (χ4v) is 1.82. The molecule has 2 aromatic rings. The zero-order valence-electron chi connectivity index (χ0n) is 12.9. The molecule has 2 aromatic carbocycles. The number of hydrazine groups is 1. The molecule has 9 heteroatoms. The van der Waals surface area contributed by atoms with Crippen LogP contribution in [0.25, 0.3) is 0 Å². The van der Waals surface area contributed by atoms with E-state index in [1.807, 2.05) is 6.07 Å². The van der Waals surface area contributed by atoms with Gasteiger partial charge in [0.1, 0.15) is 0 Å². The molecular weight excluding hydrogens is 326 g/mol. The summed E-state index contributed by atoms with van der Waals surface area (Å²) in [6.07, 6.45) is 0. The van der Waals surface area contributed by atoms with E-state index in [0.29, 0.717) is 11.3 Å². The van der Waals surface area contributed by atoms with Gasteiger partial charge < -0.3 is 5.32 Å². The summed E-state index contributed by atoms with van der Waals surface area (Å²) in [6.45, 7) is -0.0908. The summed E-state index contributed by atoms with van der Waals surface area (Å²) in [5.41, 5.74) is 5.63.